The zero-order valence-electron chi connectivity index (χ0n) is 10.5. The Morgan fingerprint density at radius 3 is 2.67 bits per heavy atom. The summed E-state index contributed by atoms with van der Waals surface area (Å²) in [7, 11) is 0. The molecule has 0 spiro atoms. The first kappa shape index (κ1) is 11.0. The molecule has 2 heterocycles. The highest BCUT2D eigenvalue weighted by Gasteiger charge is 2.11. The lowest BCUT2D eigenvalue weighted by Gasteiger charge is -1.98. The summed E-state index contributed by atoms with van der Waals surface area (Å²) in [4.78, 5) is 9.05. The van der Waals surface area contributed by atoms with Crippen LogP contribution in [-0.2, 0) is 6.42 Å². The third kappa shape index (κ3) is 1.78. The maximum Gasteiger partial charge on any atom is 0.245 e. The molecule has 1 aromatic carbocycles. The molecule has 0 saturated carbocycles. The van der Waals surface area contributed by atoms with Crippen molar-refractivity contribution in [2.45, 2.75) is 20.3 Å². The van der Waals surface area contributed by atoms with E-state index >= 15 is 0 Å². The molecule has 0 aliphatic heterocycles. The second-order valence-corrected chi connectivity index (χ2v) is 4.26. The Labute approximate surface area is 105 Å². The van der Waals surface area contributed by atoms with E-state index in [2.05, 4.69) is 16.9 Å². The Balaban J connectivity index is 2.13. The van der Waals surface area contributed by atoms with Crippen LogP contribution in [0.5, 0.6) is 0 Å². The summed E-state index contributed by atoms with van der Waals surface area (Å²) in [6.07, 6.45) is 0.878. The van der Waals surface area contributed by atoms with Gasteiger partial charge in [0.2, 0.25) is 5.89 Å². The van der Waals surface area contributed by atoms with Crippen molar-refractivity contribution in [3.8, 4) is 11.6 Å². The van der Waals surface area contributed by atoms with Crippen LogP contribution in [-0.4, -0.2) is 9.97 Å². The molecule has 0 aliphatic rings. The van der Waals surface area contributed by atoms with Crippen molar-refractivity contribution in [2.24, 2.45) is 0 Å². The first-order valence-corrected chi connectivity index (χ1v) is 6.10. The van der Waals surface area contributed by atoms with E-state index in [0.717, 1.165) is 34.5 Å². The van der Waals surface area contributed by atoms with Crippen molar-refractivity contribution < 1.29 is 4.42 Å². The summed E-state index contributed by atoms with van der Waals surface area (Å²) in [6, 6.07) is 12.0. The first-order chi connectivity index (χ1) is 8.78. The van der Waals surface area contributed by atoms with Crippen LogP contribution in [0.25, 0.3) is 22.5 Å². The number of aryl methyl sites for hydroxylation is 2. The molecule has 3 rings (SSSR count). The number of nitrogens with zero attached hydrogens (tertiary/aromatic N) is 2. The van der Waals surface area contributed by atoms with Gasteiger partial charge in [0.15, 0.2) is 0 Å². The van der Waals surface area contributed by atoms with Gasteiger partial charge in [0, 0.05) is 5.39 Å². The molecule has 0 fully saturated rings. The van der Waals surface area contributed by atoms with Gasteiger partial charge in [-0.1, -0.05) is 31.2 Å². The van der Waals surface area contributed by atoms with Crippen molar-refractivity contribution in [3.05, 3.63) is 47.9 Å². The number of para-hydroxylation sites is 1. The van der Waals surface area contributed by atoms with Crippen LogP contribution >= 0.6 is 0 Å². The van der Waals surface area contributed by atoms with Gasteiger partial charge in [0.25, 0.3) is 0 Å². The van der Waals surface area contributed by atoms with Gasteiger partial charge in [-0.3, -0.25) is 0 Å². The van der Waals surface area contributed by atoms with Crippen LogP contribution in [0, 0.1) is 6.92 Å². The molecule has 0 amide bonds. The van der Waals surface area contributed by atoms with E-state index in [0.29, 0.717) is 5.89 Å². The van der Waals surface area contributed by atoms with Crippen molar-refractivity contribution in [2.75, 3.05) is 0 Å². The number of benzene rings is 1. The molecular formula is C15H14N2O. The maximum absolute atomic E-state index is 5.67. The van der Waals surface area contributed by atoms with Crippen molar-refractivity contribution in [1.29, 1.82) is 0 Å². The number of rotatable bonds is 2. The molecule has 18 heavy (non-hydrogen) atoms. The normalized spacial score (nSPS) is 11.0. The number of fused-ring (bicyclic) bond motifs is 1. The number of hydrogen-bond donors (Lipinski definition) is 0. The molecule has 2 aromatic heterocycles. The van der Waals surface area contributed by atoms with E-state index in [1.807, 2.05) is 43.3 Å². The van der Waals surface area contributed by atoms with Gasteiger partial charge in [-0.05, 0) is 25.5 Å². The SMILES string of the molecule is CCc1nc(-c2ccc3ccccc3n2)oc1C. The quantitative estimate of drug-likeness (QED) is 0.682. The highest BCUT2D eigenvalue weighted by Crippen LogP contribution is 2.22. The molecule has 0 N–H and O–H groups in total. The van der Waals surface area contributed by atoms with Crippen LogP contribution in [0.3, 0.4) is 0 Å². The van der Waals surface area contributed by atoms with Crippen molar-refractivity contribution in [3.63, 3.8) is 0 Å². The van der Waals surface area contributed by atoms with E-state index < -0.39 is 0 Å². The minimum atomic E-state index is 0.607. The molecule has 3 heteroatoms. The lowest BCUT2D eigenvalue weighted by atomic mass is 10.2. The predicted octanol–water partition coefficient (Wildman–Crippen LogP) is 3.76. The Morgan fingerprint density at radius 1 is 1.06 bits per heavy atom. The minimum absolute atomic E-state index is 0.607. The highest BCUT2D eigenvalue weighted by molar-refractivity contribution is 5.80. The fraction of sp³-hybridized carbons (Fsp3) is 0.200. The lowest BCUT2D eigenvalue weighted by molar-refractivity contribution is 0.538. The summed E-state index contributed by atoms with van der Waals surface area (Å²) >= 11 is 0. The fourth-order valence-corrected chi connectivity index (χ4v) is 2.05. The minimum Gasteiger partial charge on any atom is -0.440 e. The first-order valence-electron chi connectivity index (χ1n) is 6.10. The average Bonchev–Trinajstić information content (AvgIpc) is 2.79. The van der Waals surface area contributed by atoms with E-state index in [9.17, 15) is 0 Å². The third-order valence-electron chi connectivity index (χ3n) is 3.05. The molecule has 0 unspecified atom stereocenters. The average molecular weight is 238 g/mol. The monoisotopic (exact) mass is 238 g/mol. The molecule has 3 nitrogen and oxygen atoms in total. The van der Waals surface area contributed by atoms with Crippen molar-refractivity contribution >= 4 is 10.9 Å². The topological polar surface area (TPSA) is 38.9 Å². The number of aromatic nitrogens is 2. The van der Waals surface area contributed by atoms with Crippen molar-refractivity contribution in [1.82, 2.24) is 9.97 Å². The van der Waals surface area contributed by atoms with Gasteiger partial charge in [-0.15, -0.1) is 0 Å². The molecule has 90 valence electrons. The van der Waals surface area contributed by atoms with Crippen LogP contribution in [0.15, 0.2) is 40.8 Å². The Hall–Kier alpha value is -2.16. The number of hydrogen-bond acceptors (Lipinski definition) is 3. The Morgan fingerprint density at radius 2 is 1.89 bits per heavy atom. The van der Waals surface area contributed by atoms with Gasteiger partial charge in [0.1, 0.15) is 11.5 Å². The highest BCUT2D eigenvalue weighted by atomic mass is 16.4. The van der Waals surface area contributed by atoms with E-state index in [-0.39, 0.29) is 0 Å². The van der Waals surface area contributed by atoms with Crippen LogP contribution in [0.1, 0.15) is 18.4 Å². The fourth-order valence-electron chi connectivity index (χ4n) is 2.05. The molecule has 0 bridgehead atoms. The summed E-state index contributed by atoms with van der Waals surface area (Å²) < 4.78 is 5.67. The zero-order valence-corrected chi connectivity index (χ0v) is 10.5. The van der Waals surface area contributed by atoms with E-state index in [1.165, 1.54) is 0 Å². The third-order valence-corrected chi connectivity index (χ3v) is 3.05. The van der Waals surface area contributed by atoms with Gasteiger partial charge in [-0.2, -0.15) is 0 Å². The smallest absolute Gasteiger partial charge is 0.245 e. The maximum atomic E-state index is 5.67. The lowest BCUT2D eigenvalue weighted by Crippen LogP contribution is -1.86. The summed E-state index contributed by atoms with van der Waals surface area (Å²) in [5, 5.41) is 1.13. The summed E-state index contributed by atoms with van der Waals surface area (Å²) in [5.41, 5.74) is 2.75. The van der Waals surface area contributed by atoms with Crippen LogP contribution in [0.2, 0.25) is 0 Å². The second kappa shape index (κ2) is 4.26. The summed E-state index contributed by atoms with van der Waals surface area (Å²) in [6.45, 7) is 4.01. The standard InChI is InChI=1S/C15H14N2O/c1-3-12-10(2)18-15(17-12)14-9-8-11-6-4-5-7-13(11)16-14/h4-9H,3H2,1-2H3. The Bertz CT molecular complexity index is 701. The second-order valence-electron chi connectivity index (χ2n) is 4.26. The number of pyridine rings is 1. The molecule has 0 radical (unpaired) electrons. The molecule has 0 saturated heterocycles. The Kier molecular flexibility index (Phi) is 2.59. The van der Waals surface area contributed by atoms with Crippen LogP contribution in [0.4, 0.5) is 0 Å². The van der Waals surface area contributed by atoms with Gasteiger partial charge in [-0.25, -0.2) is 9.97 Å². The zero-order chi connectivity index (χ0) is 12.5. The van der Waals surface area contributed by atoms with E-state index in [4.69, 9.17) is 4.42 Å². The molecule has 0 atom stereocenters. The van der Waals surface area contributed by atoms with Gasteiger partial charge in [0.05, 0.1) is 11.2 Å². The van der Waals surface area contributed by atoms with Gasteiger partial charge >= 0.3 is 0 Å². The van der Waals surface area contributed by atoms with E-state index in [1.54, 1.807) is 0 Å². The molecule has 0 aliphatic carbocycles. The summed E-state index contributed by atoms with van der Waals surface area (Å²) in [5.74, 6) is 1.48. The van der Waals surface area contributed by atoms with Gasteiger partial charge < -0.3 is 4.42 Å². The molecular weight excluding hydrogens is 224 g/mol. The van der Waals surface area contributed by atoms with Crippen LogP contribution < -0.4 is 0 Å². The molecule has 3 aromatic rings. The largest absolute Gasteiger partial charge is 0.440 e. The number of oxazole rings is 1. The predicted molar refractivity (Wildman–Crippen MR) is 71.4 cm³/mol.